The zero-order chi connectivity index (χ0) is 41.1. The third-order valence-corrected chi connectivity index (χ3v) is 12.3. The average Bonchev–Trinajstić information content (AvgIpc) is 3.11. The van der Waals surface area contributed by atoms with Crippen molar-refractivity contribution in [2.75, 3.05) is 34.4 Å². The van der Waals surface area contributed by atoms with Gasteiger partial charge in [-0.05, 0) is 74.9 Å². The molecular weight excluding hydrogens is 706 g/mol. The van der Waals surface area contributed by atoms with Crippen LogP contribution in [-0.2, 0) is 42.7 Å². The van der Waals surface area contributed by atoms with Gasteiger partial charge < -0.3 is 63.6 Å². The van der Waals surface area contributed by atoms with E-state index in [0.717, 1.165) is 0 Å². The highest BCUT2D eigenvalue weighted by atomic mass is 16.7. The van der Waals surface area contributed by atoms with E-state index in [1.165, 1.54) is 21.0 Å². The maximum atomic E-state index is 14.2. The first-order chi connectivity index (χ1) is 25.0. The Labute approximate surface area is 321 Å². The zero-order valence-corrected chi connectivity index (χ0v) is 34.8. The van der Waals surface area contributed by atoms with Crippen LogP contribution in [0.3, 0.4) is 0 Å². The van der Waals surface area contributed by atoms with Crippen LogP contribution in [0.25, 0.3) is 0 Å². The van der Waals surface area contributed by atoms with Crippen molar-refractivity contribution < 1.29 is 68.3 Å². The van der Waals surface area contributed by atoms with Crippen LogP contribution in [0.1, 0.15) is 94.9 Å². The van der Waals surface area contributed by atoms with Crippen molar-refractivity contribution in [3.8, 4) is 0 Å². The largest absolute Gasteiger partial charge is 0.459 e. The van der Waals surface area contributed by atoms with Gasteiger partial charge in [0, 0.05) is 37.3 Å². The van der Waals surface area contributed by atoms with Crippen molar-refractivity contribution in [1.29, 1.82) is 0 Å². The van der Waals surface area contributed by atoms with E-state index in [-0.39, 0.29) is 50.4 Å². The minimum atomic E-state index is -2.00. The van der Waals surface area contributed by atoms with Crippen LogP contribution >= 0.6 is 0 Å². The Balaban J connectivity index is 2.27. The number of carbonyl (C=O) groups is 2. The highest BCUT2D eigenvalue weighted by Crippen LogP contribution is 2.42. The highest BCUT2D eigenvalue weighted by molar-refractivity contribution is 5.83. The normalized spacial score (nSPS) is 47.6. The third kappa shape index (κ3) is 10.2. The summed E-state index contributed by atoms with van der Waals surface area (Å²) in [6.07, 6.45) is -9.39. The summed E-state index contributed by atoms with van der Waals surface area (Å²) in [7, 11) is 5.21. The van der Waals surface area contributed by atoms with Crippen LogP contribution in [0, 0.1) is 23.7 Å². The Kier molecular flexibility index (Phi) is 16.5. The number of nitrogens with zero attached hydrogens (tertiary/aromatic N) is 1. The second kappa shape index (κ2) is 18.9. The molecule has 0 unspecified atom stereocenters. The SMILES string of the molecule is CC[C@H]1OC(=O)[C@H](C)[C@@H](O[C@H]2C[C@@](C)(OC)[C@@H](O)[C@H](C)O2)[C@H](C)[C@@H](O[C@@H]2O[C@H](C)C[C@H](N(C)C)[C@H]2O)[C@@](C)(OCCO)C[C@@H](C)C(=O)[C@H](C)[C@@H](O)[C@]1(C)O. The summed E-state index contributed by atoms with van der Waals surface area (Å²) in [5.74, 6) is -4.81. The van der Waals surface area contributed by atoms with Crippen LogP contribution in [0.5, 0.6) is 0 Å². The Hall–Kier alpha value is -1.34. The Morgan fingerprint density at radius 1 is 0.889 bits per heavy atom. The monoisotopic (exact) mass is 777 g/mol. The van der Waals surface area contributed by atoms with Gasteiger partial charge in [-0.25, -0.2) is 0 Å². The van der Waals surface area contributed by atoms with Gasteiger partial charge in [0.2, 0.25) is 0 Å². The van der Waals surface area contributed by atoms with Crippen molar-refractivity contribution in [2.24, 2.45) is 23.7 Å². The summed E-state index contributed by atoms with van der Waals surface area (Å²) in [5.41, 5.74) is -4.46. The predicted octanol–water partition coefficient (Wildman–Crippen LogP) is 1.80. The molecule has 0 aromatic carbocycles. The van der Waals surface area contributed by atoms with Gasteiger partial charge in [0.25, 0.3) is 0 Å². The van der Waals surface area contributed by atoms with Crippen LogP contribution in [-0.4, -0.2) is 161 Å². The van der Waals surface area contributed by atoms with Gasteiger partial charge in [0.15, 0.2) is 12.6 Å². The fourth-order valence-corrected chi connectivity index (χ4v) is 8.81. The molecule has 316 valence electrons. The first kappa shape index (κ1) is 47.0. The number of esters is 1. The minimum Gasteiger partial charge on any atom is -0.459 e. The molecule has 3 aliphatic rings. The lowest BCUT2D eigenvalue weighted by atomic mass is 9.73. The molecule has 0 radical (unpaired) electrons. The van der Waals surface area contributed by atoms with Crippen molar-refractivity contribution in [2.45, 2.75) is 179 Å². The van der Waals surface area contributed by atoms with Gasteiger partial charge in [-0.1, -0.05) is 27.7 Å². The number of rotatable bonds is 10. The van der Waals surface area contributed by atoms with E-state index in [9.17, 15) is 35.1 Å². The van der Waals surface area contributed by atoms with Gasteiger partial charge in [-0.2, -0.15) is 0 Å². The lowest BCUT2D eigenvalue weighted by Crippen LogP contribution is -2.61. The van der Waals surface area contributed by atoms with Crippen molar-refractivity contribution in [3.63, 3.8) is 0 Å². The molecule has 15 nitrogen and oxygen atoms in total. The summed E-state index contributed by atoms with van der Waals surface area (Å²) in [5, 5.41) is 55.7. The van der Waals surface area contributed by atoms with Crippen LogP contribution in [0.15, 0.2) is 0 Å². The molecule has 5 N–H and O–H groups in total. The number of hydrogen-bond acceptors (Lipinski definition) is 15. The summed E-state index contributed by atoms with van der Waals surface area (Å²) in [6, 6.07) is -0.324. The highest BCUT2D eigenvalue weighted by Gasteiger charge is 2.54. The van der Waals surface area contributed by atoms with E-state index in [0.29, 0.717) is 6.42 Å². The topological polar surface area (TPSA) is 203 Å². The third-order valence-electron chi connectivity index (χ3n) is 12.3. The van der Waals surface area contributed by atoms with E-state index in [1.54, 1.807) is 48.5 Å². The summed E-state index contributed by atoms with van der Waals surface area (Å²) in [4.78, 5) is 30.2. The molecule has 0 spiro atoms. The molecule has 3 heterocycles. The molecule has 18 atom stereocenters. The summed E-state index contributed by atoms with van der Waals surface area (Å²) in [6.45, 7) is 16.3. The van der Waals surface area contributed by atoms with Crippen molar-refractivity contribution in [1.82, 2.24) is 4.90 Å². The Morgan fingerprint density at radius 3 is 2.07 bits per heavy atom. The molecule has 3 aliphatic heterocycles. The molecule has 0 bridgehead atoms. The minimum absolute atomic E-state index is 0.0170. The molecule has 0 aromatic heterocycles. The fourth-order valence-electron chi connectivity index (χ4n) is 8.81. The number of cyclic esters (lactones) is 1. The molecule has 0 aromatic rings. The van der Waals surface area contributed by atoms with Gasteiger partial charge in [-0.15, -0.1) is 0 Å². The lowest BCUT2D eigenvalue weighted by Gasteiger charge is -2.50. The van der Waals surface area contributed by atoms with Crippen molar-refractivity contribution in [3.05, 3.63) is 0 Å². The number of likely N-dealkylation sites (N-methyl/N-ethyl adjacent to an activating group) is 1. The number of methoxy groups -OCH3 is 1. The lowest BCUT2D eigenvalue weighted by molar-refractivity contribution is -0.321. The molecule has 15 heteroatoms. The molecule has 3 fully saturated rings. The first-order valence-corrected chi connectivity index (χ1v) is 19.6. The van der Waals surface area contributed by atoms with E-state index in [1.807, 2.05) is 25.9 Å². The van der Waals surface area contributed by atoms with Crippen LogP contribution in [0.4, 0.5) is 0 Å². The van der Waals surface area contributed by atoms with Gasteiger partial charge in [0.05, 0.1) is 60.9 Å². The maximum Gasteiger partial charge on any atom is 0.311 e. The van der Waals surface area contributed by atoms with Crippen LogP contribution < -0.4 is 0 Å². The van der Waals surface area contributed by atoms with Crippen molar-refractivity contribution >= 4 is 11.8 Å². The number of ketones is 1. The fraction of sp³-hybridized carbons (Fsp3) is 0.949. The van der Waals surface area contributed by atoms with Gasteiger partial charge in [0.1, 0.15) is 29.7 Å². The van der Waals surface area contributed by atoms with Gasteiger partial charge in [-0.3, -0.25) is 9.59 Å². The van der Waals surface area contributed by atoms with E-state index in [2.05, 4.69) is 0 Å². The van der Waals surface area contributed by atoms with E-state index < -0.39 is 102 Å². The molecule has 3 saturated heterocycles. The molecule has 0 saturated carbocycles. The molecule has 0 amide bonds. The Bertz CT molecular complexity index is 1220. The number of aliphatic hydroxyl groups excluding tert-OH is 4. The van der Waals surface area contributed by atoms with Crippen LogP contribution in [0.2, 0.25) is 0 Å². The quantitative estimate of drug-likeness (QED) is 0.201. The second-order valence-electron chi connectivity index (χ2n) is 17.0. The summed E-state index contributed by atoms with van der Waals surface area (Å²) >= 11 is 0. The number of Topliss-reactive ketones (excluding diaryl/α,β-unsaturated/α-hetero) is 1. The second-order valence-corrected chi connectivity index (χ2v) is 17.0. The average molecular weight is 778 g/mol. The zero-order valence-electron chi connectivity index (χ0n) is 34.8. The number of hydrogen-bond donors (Lipinski definition) is 5. The standard InChI is InChI=1S/C39H71NO14/c1-14-27-39(10,47)32(44)22(4)29(42)20(2)18-38(9,49-16-15-41)34(54-36-30(43)26(40(11)12)17-21(3)50-36)23(5)31(24(6)35(46)52-27)53-28-19-37(8,48-13)33(45)25(7)51-28/h20-28,30-34,36,41,43-45,47H,14-19H2,1-13H3/t20-,21-,22+,23+,24-,25+,26+,27-,28+,30-,31+,32-,33+,34-,36+,37-,38+,39-/m1/s1. The number of carbonyl (C=O) groups excluding carboxylic acids is 2. The molecule has 3 rings (SSSR count). The van der Waals surface area contributed by atoms with Gasteiger partial charge >= 0.3 is 5.97 Å². The molecule has 54 heavy (non-hydrogen) atoms. The predicted molar refractivity (Wildman–Crippen MR) is 197 cm³/mol. The summed E-state index contributed by atoms with van der Waals surface area (Å²) < 4.78 is 44.1. The molecular formula is C39H71NO14. The number of ether oxygens (including phenoxy) is 7. The van der Waals surface area contributed by atoms with E-state index >= 15 is 0 Å². The first-order valence-electron chi connectivity index (χ1n) is 19.6. The molecule has 0 aliphatic carbocycles. The number of aliphatic hydroxyl groups is 5. The maximum absolute atomic E-state index is 14.2. The Morgan fingerprint density at radius 2 is 1.52 bits per heavy atom. The van der Waals surface area contributed by atoms with E-state index in [4.69, 9.17) is 33.2 Å². The smallest absolute Gasteiger partial charge is 0.311 e.